The summed E-state index contributed by atoms with van der Waals surface area (Å²) in [5.74, 6) is -1.55. The minimum atomic E-state index is -0.585. The van der Waals surface area contributed by atoms with Crippen molar-refractivity contribution in [1.82, 2.24) is 10.6 Å². The number of halogens is 2. The Bertz CT molecular complexity index is 807. The van der Waals surface area contributed by atoms with E-state index in [4.69, 9.17) is 11.5 Å². The number of hydrogen-bond donors (Lipinski definition) is 4. The summed E-state index contributed by atoms with van der Waals surface area (Å²) in [4.78, 5) is 11.8. The van der Waals surface area contributed by atoms with Crippen LogP contribution < -0.4 is 22.1 Å². The van der Waals surface area contributed by atoms with E-state index in [0.29, 0.717) is 17.7 Å². The zero-order chi connectivity index (χ0) is 20.4. The van der Waals surface area contributed by atoms with Gasteiger partial charge in [-0.05, 0) is 44.8 Å². The zero-order valence-electron chi connectivity index (χ0n) is 15.8. The van der Waals surface area contributed by atoms with Crippen molar-refractivity contribution in [3.8, 4) is 11.1 Å². The first kappa shape index (κ1) is 22.1. The van der Waals surface area contributed by atoms with Crippen LogP contribution in [0, 0.1) is 11.6 Å². The van der Waals surface area contributed by atoms with E-state index in [2.05, 4.69) is 10.6 Å². The van der Waals surface area contributed by atoms with Crippen molar-refractivity contribution < 1.29 is 13.6 Å². The molecule has 0 unspecified atom stereocenters. The summed E-state index contributed by atoms with van der Waals surface area (Å²) in [6.07, 6.45) is 2.20. The molecule has 0 aliphatic heterocycles. The first-order valence-corrected chi connectivity index (χ1v) is 8.53. The molecule has 0 aliphatic carbocycles. The molecule has 2 rings (SSSR count). The molecule has 0 saturated heterocycles. The number of nitrogens with two attached hydrogens (primary N) is 2. The van der Waals surface area contributed by atoms with Crippen molar-refractivity contribution in [2.75, 3.05) is 26.4 Å². The Balaban J connectivity index is 0.00000114. The highest BCUT2D eigenvalue weighted by Gasteiger charge is 2.12. The summed E-state index contributed by atoms with van der Waals surface area (Å²) in [5.41, 5.74) is 12.9. The van der Waals surface area contributed by atoms with Gasteiger partial charge < -0.3 is 22.1 Å². The Morgan fingerprint density at radius 2 is 1.81 bits per heavy atom. The molecule has 5 nitrogen and oxygen atoms in total. The van der Waals surface area contributed by atoms with E-state index in [1.807, 2.05) is 21.0 Å². The second kappa shape index (κ2) is 10.9. The molecule has 7 heteroatoms. The van der Waals surface area contributed by atoms with Gasteiger partial charge in [-0.15, -0.1) is 0 Å². The van der Waals surface area contributed by atoms with Gasteiger partial charge in [0, 0.05) is 28.9 Å². The predicted octanol–water partition coefficient (Wildman–Crippen LogP) is 2.88. The Morgan fingerprint density at radius 1 is 1.15 bits per heavy atom. The van der Waals surface area contributed by atoms with Gasteiger partial charge in [0.2, 0.25) is 0 Å². The van der Waals surface area contributed by atoms with E-state index in [1.54, 1.807) is 18.2 Å². The first-order valence-electron chi connectivity index (χ1n) is 8.53. The third kappa shape index (κ3) is 6.38. The van der Waals surface area contributed by atoms with Crippen LogP contribution >= 0.6 is 0 Å². The Kier molecular flexibility index (Phi) is 8.95. The van der Waals surface area contributed by atoms with Crippen LogP contribution in [0.2, 0.25) is 0 Å². The molecule has 0 radical (unpaired) electrons. The number of rotatable bonds is 5. The Morgan fingerprint density at radius 3 is 2.44 bits per heavy atom. The minimum Gasteiger partial charge on any atom is -0.398 e. The van der Waals surface area contributed by atoms with Crippen LogP contribution in [0.4, 0.5) is 14.5 Å². The normalized spacial score (nSPS) is 10.8. The fourth-order valence-electron chi connectivity index (χ4n) is 2.22. The third-order valence-electron chi connectivity index (χ3n) is 3.47. The second-order valence-corrected chi connectivity index (χ2v) is 5.79. The van der Waals surface area contributed by atoms with Crippen LogP contribution in [0.15, 0.2) is 42.1 Å². The summed E-state index contributed by atoms with van der Waals surface area (Å²) in [6.45, 7) is 2.44. The van der Waals surface area contributed by atoms with E-state index >= 15 is 0 Å². The van der Waals surface area contributed by atoms with Crippen molar-refractivity contribution >= 4 is 17.7 Å². The molecule has 0 atom stereocenters. The maximum atomic E-state index is 14.0. The van der Waals surface area contributed by atoms with Crippen molar-refractivity contribution in [2.24, 2.45) is 5.73 Å². The maximum Gasteiger partial charge on any atom is 0.267 e. The Labute approximate surface area is 158 Å². The van der Waals surface area contributed by atoms with E-state index in [9.17, 15) is 13.6 Å². The van der Waals surface area contributed by atoms with Crippen LogP contribution in [0.25, 0.3) is 17.2 Å². The fourth-order valence-corrected chi connectivity index (χ4v) is 2.22. The lowest BCUT2D eigenvalue weighted by atomic mass is 9.99. The van der Waals surface area contributed by atoms with Gasteiger partial charge in [-0.2, -0.15) is 0 Å². The lowest BCUT2D eigenvalue weighted by molar-refractivity contribution is -0.117. The molecule has 0 saturated carbocycles. The zero-order valence-corrected chi connectivity index (χ0v) is 15.8. The lowest BCUT2D eigenvalue weighted by Gasteiger charge is -2.11. The highest BCUT2D eigenvalue weighted by atomic mass is 19.1. The molecule has 2 aromatic carbocycles. The monoisotopic (exact) mass is 376 g/mol. The topological polar surface area (TPSA) is 93.2 Å². The molecule has 1 amide bonds. The first-order chi connectivity index (χ1) is 12.8. The number of para-hydroxylation sites is 1. The molecule has 0 fully saturated rings. The van der Waals surface area contributed by atoms with Crippen LogP contribution in [0.1, 0.15) is 18.9 Å². The number of hydrogen-bond acceptors (Lipinski definition) is 4. The molecule has 0 aliphatic rings. The minimum absolute atomic E-state index is 0.00739. The molecule has 0 aromatic heterocycles. The van der Waals surface area contributed by atoms with Gasteiger partial charge in [-0.1, -0.05) is 25.1 Å². The summed E-state index contributed by atoms with van der Waals surface area (Å²) < 4.78 is 27.4. The largest absolute Gasteiger partial charge is 0.398 e. The second-order valence-electron chi connectivity index (χ2n) is 5.79. The molecular weight excluding hydrogens is 350 g/mol. The van der Waals surface area contributed by atoms with Gasteiger partial charge in [0.1, 0.15) is 11.6 Å². The number of carbonyl (C=O) groups excluding carboxylic acids is 1. The summed E-state index contributed by atoms with van der Waals surface area (Å²) in [7, 11) is 3.75. The number of anilines is 1. The number of amides is 1. The van der Waals surface area contributed by atoms with Crippen molar-refractivity contribution in [3.63, 3.8) is 0 Å². The quantitative estimate of drug-likeness (QED) is 0.477. The van der Waals surface area contributed by atoms with Crippen LogP contribution in [0.5, 0.6) is 0 Å². The molecule has 27 heavy (non-hydrogen) atoms. The van der Waals surface area contributed by atoms with Gasteiger partial charge >= 0.3 is 0 Å². The van der Waals surface area contributed by atoms with E-state index in [1.165, 1.54) is 6.08 Å². The lowest BCUT2D eigenvalue weighted by Crippen LogP contribution is -2.29. The number of nitrogens with one attached hydrogen (secondary N) is 2. The van der Waals surface area contributed by atoms with Gasteiger partial charge in [0.15, 0.2) is 0 Å². The third-order valence-corrected chi connectivity index (χ3v) is 3.47. The average Bonchev–Trinajstić information content (AvgIpc) is 2.64. The maximum absolute atomic E-state index is 14.0. The molecule has 0 heterocycles. The summed E-state index contributed by atoms with van der Waals surface area (Å²) in [5, 5.41) is 5.40. The number of carbonyl (C=O) groups is 1. The average molecular weight is 376 g/mol. The summed E-state index contributed by atoms with van der Waals surface area (Å²) in [6, 6.07) is 8.02. The summed E-state index contributed by atoms with van der Waals surface area (Å²) >= 11 is 0. The molecular formula is C20H26F2N4O. The van der Waals surface area contributed by atoms with Gasteiger partial charge in [-0.25, -0.2) is 8.78 Å². The van der Waals surface area contributed by atoms with E-state index in [-0.39, 0.29) is 16.9 Å². The molecule has 2 aromatic rings. The molecule has 146 valence electrons. The molecule has 0 bridgehead atoms. The molecule has 6 N–H and O–H groups in total. The van der Waals surface area contributed by atoms with Gasteiger partial charge in [0.05, 0.1) is 5.70 Å². The SMILES string of the molecule is CCCNC(=O)/C(N)=C/c1cccc(-c2cc(F)ccc2F)c1N.CNC. The van der Waals surface area contributed by atoms with Crippen LogP contribution in [-0.2, 0) is 4.79 Å². The molecule has 0 spiro atoms. The van der Waals surface area contributed by atoms with E-state index < -0.39 is 17.5 Å². The highest BCUT2D eigenvalue weighted by molar-refractivity contribution is 5.98. The van der Waals surface area contributed by atoms with Gasteiger partial charge in [0.25, 0.3) is 5.91 Å². The van der Waals surface area contributed by atoms with Crippen molar-refractivity contribution in [2.45, 2.75) is 13.3 Å². The predicted molar refractivity (Wildman–Crippen MR) is 107 cm³/mol. The van der Waals surface area contributed by atoms with E-state index in [0.717, 1.165) is 24.6 Å². The fraction of sp³-hybridized carbons (Fsp3) is 0.250. The van der Waals surface area contributed by atoms with Crippen molar-refractivity contribution in [1.29, 1.82) is 0 Å². The van der Waals surface area contributed by atoms with Crippen LogP contribution in [-0.4, -0.2) is 26.5 Å². The number of nitrogen functional groups attached to an aromatic ring is 1. The van der Waals surface area contributed by atoms with Crippen LogP contribution in [0.3, 0.4) is 0 Å². The highest BCUT2D eigenvalue weighted by Crippen LogP contribution is 2.31. The smallest absolute Gasteiger partial charge is 0.267 e. The standard InChI is InChI=1S/C18H19F2N3O.C2H7N/c1-2-8-23-18(24)16(21)9-11-4-3-5-13(17(11)22)14-10-12(19)6-7-15(14)20;1-3-2/h3-7,9-10H,2,8,21-22H2,1H3,(H,23,24);3H,1-2H3/b16-9-;. The Hall–Kier alpha value is -2.93. The van der Waals surface area contributed by atoms with Gasteiger partial charge in [-0.3, -0.25) is 4.79 Å². The number of benzene rings is 2. The van der Waals surface area contributed by atoms with Crippen molar-refractivity contribution in [3.05, 3.63) is 59.3 Å².